The standard InChI is InChI=1S/C24H27FN4O3/c1-5-31-21(30)15-32-19-11-7-10-18(13-19)27-22-20(25)14-26-23(29-22)28-17-9-6-8-16(12-17)24(2,3)4/h6-14H,5,15H2,1-4H3,(H2,26,27,28,29). The van der Waals surface area contributed by atoms with E-state index in [1.54, 1.807) is 31.2 Å². The van der Waals surface area contributed by atoms with Crippen molar-refractivity contribution < 1.29 is 18.7 Å². The number of carbonyl (C=O) groups is 1. The third kappa shape index (κ3) is 6.41. The molecule has 0 saturated heterocycles. The highest BCUT2D eigenvalue weighted by Crippen LogP contribution is 2.27. The van der Waals surface area contributed by atoms with E-state index in [4.69, 9.17) is 9.47 Å². The molecule has 32 heavy (non-hydrogen) atoms. The van der Waals surface area contributed by atoms with Crippen molar-refractivity contribution in [2.45, 2.75) is 33.1 Å². The summed E-state index contributed by atoms with van der Waals surface area (Å²) in [6.07, 6.45) is 1.10. The summed E-state index contributed by atoms with van der Waals surface area (Å²) >= 11 is 0. The van der Waals surface area contributed by atoms with E-state index in [1.807, 2.05) is 18.2 Å². The fourth-order valence-electron chi connectivity index (χ4n) is 2.85. The van der Waals surface area contributed by atoms with Crippen LogP contribution in [0.3, 0.4) is 0 Å². The van der Waals surface area contributed by atoms with Crippen LogP contribution >= 0.6 is 0 Å². The molecule has 0 aliphatic rings. The van der Waals surface area contributed by atoms with Crippen LogP contribution in [0.1, 0.15) is 33.3 Å². The van der Waals surface area contributed by atoms with Crippen LogP contribution in [0, 0.1) is 5.82 Å². The van der Waals surface area contributed by atoms with Gasteiger partial charge >= 0.3 is 5.97 Å². The third-order valence-corrected chi connectivity index (χ3v) is 4.49. The van der Waals surface area contributed by atoms with Crippen molar-refractivity contribution in [3.63, 3.8) is 0 Å². The van der Waals surface area contributed by atoms with E-state index in [1.165, 1.54) is 0 Å². The number of nitrogens with zero attached hydrogens (tertiary/aromatic N) is 2. The van der Waals surface area contributed by atoms with Crippen LogP contribution in [0.2, 0.25) is 0 Å². The molecule has 0 unspecified atom stereocenters. The Kier molecular flexibility index (Phi) is 7.25. The second kappa shape index (κ2) is 10.1. The Labute approximate surface area is 187 Å². The minimum atomic E-state index is -0.600. The van der Waals surface area contributed by atoms with E-state index in [-0.39, 0.29) is 30.4 Å². The Morgan fingerprint density at radius 3 is 2.50 bits per heavy atom. The van der Waals surface area contributed by atoms with Gasteiger partial charge in [0.1, 0.15) is 5.75 Å². The zero-order chi connectivity index (χ0) is 23.1. The zero-order valence-electron chi connectivity index (χ0n) is 18.6. The molecule has 0 aliphatic carbocycles. The second-order valence-corrected chi connectivity index (χ2v) is 8.09. The van der Waals surface area contributed by atoms with E-state index in [0.29, 0.717) is 11.4 Å². The number of esters is 1. The molecule has 0 saturated carbocycles. The molecule has 8 heteroatoms. The topological polar surface area (TPSA) is 85.4 Å². The molecular formula is C24H27FN4O3. The smallest absolute Gasteiger partial charge is 0.344 e. The fourth-order valence-corrected chi connectivity index (χ4v) is 2.85. The molecule has 0 radical (unpaired) electrons. The Balaban J connectivity index is 1.73. The maximum absolute atomic E-state index is 14.3. The van der Waals surface area contributed by atoms with Crippen molar-refractivity contribution in [2.75, 3.05) is 23.8 Å². The van der Waals surface area contributed by atoms with Gasteiger partial charge in [-0.3, -0.25) is 0 Å². The predicted molar refractivity (Wildman–Crippen MR) is 122 cm³/mol. The normalized spacial score (nSPS) is 11.0. The number of benzene rings is 2. The molecule has 3 rings (SSSR count). The summed E-state index contributed by atoms with van der Waals surface area (Å²) in [6, 6.07) is 14.7. The van der Waals surface area contributed by atoms with E-state index < -0.39 is 11.8 Å². The lowest BCUT2D eigenvalue weighted by atomic mass is 9.87. The molecule has 1 aromatic heterocycles. The summed E-state index contributed by atoms with van der Waals surface area (Å²) in [7, 11) is 0. The number of rotatable bonds is 8. The van der Waals surface area contributed by atoms with Gasteiger partial charge in [0.2, 0.25) is 5.95 Å². The quantitative estimate of drug-likeness (QED) is 0.459. The third-order valence-electron chi connectivity index (χ3n) is 4.49. The highest BCUT2D eigenvalue weighted by atomic mass is 19.1. The molecular weight excluding hydrogens is 411 g/mol. The van der Waals surface area contributed by atoms with Gasteiger partial charge in [0.25, 0.3) is 0 Å². The molecule has 0 atom stereocenters. The molecule has 0 aliphatic heterocycles. The Morgan fingerprint density at radius 2 is 1.78 bits per heavy atom. The summed E-state index contributed by atoms with van der Waals surface area (Å²) < 4.78 is 24.6. The van der Waals surface area contributed by atoms with Crippen molar-refractivity contribution in [3.8, 4) is 5.75 Å². The first kappa shape index (κ1) is 23.0. The van der Waals surface area contributed by atoms with Gasteiger partial charge in [-0.1, -0.05) is 39.0 Å². The van der Waals surface area contributed by atoms with Crippen LogP contribution in [-0.2, 0) is 14.9 Å². The van der Waals surface area contributed by atoms with Gasteiger partial charge in [-0.25, -0.2) is 14.2 Å². The van der Waals surface area contributed by atoms with E-state index in [9.17, 15) is 9.18 Å². The molecule has 0 fully saturated rings. The highest BCUT2D eigenvalue weighted by molar-refractivity contribution is 5.71. The van der Waals surface area contributed by atoms with E-state index >= 15 is 0 Å². The van der Waals surface area contributed by atoms with Gasteiger partial charge in [0.15, 0.2) is 18.2 Å². The van der Waals surface area contributed by atoms with Gasteiger partial charge in [0.05, 0.1) is 12.8 Å². The number of anilines is 4. The Morgan fingerprint density at radius 1 is 1.06 bits per heavy atom. The van der Waals surface area contributed by atoms with Crippen LogP contribution in [0.15, 0.2) is 54.7 Å². The molecule has 0 spiro atoms. The number of hydrogen-bond acceptors (Lipinski definition) is 7. The van der Waals surface area contributed by atoms with Crippen molar-refractivity contribution in [1.82, 2.24) is 9.97 Å². The first-order valence-corrected chi connectivity index (χ1v) is 10.3. The molecule has 2 aromatic carbocycles. The van der Waals surface area contributed by atoms with Gasteiger partial charge < -0.3 is 20.1 Å². The van der Waals surface area contributed by atoms with Crippen LogP contribution in [0.5, 0.6) is 5.75 Å². The number of nitrogens with one attached hydrogen (secondary N) is 2. The van der Waals surface area contributed by atoms with Crippen LogP contribution in [0.25, 0.3) is 0 Å². The number of carbonyl (C=O) groups excluding carboxylic acids is 1. The lowest BCUT2D eigenvalue weighted by Gasteiger charge is -2.20. The molecule has 168 valence electrons. The molecule has 0 bridgehead atoms. The summed E-state index contributed by atoms with van der Waals surface area (Å²) in [6.45, 7) is 8.20. The Bertz CT molecular complexity index is 1080. The minimum absolute atomic E-state index is 0.00553. The first-order chi connectivity index (χ1) is 15.2. The molecule has 2 N–H and O–H groups in total. The van der Waals surface area contributed by atoms with Crippen molar-refractivity contribution in [1.29, 1.82) is 0 Å². The van der Waals surface area contributed by atoms with Crippen molar-refractivity contribution in [2.24, 2.45) is 0 Å². The largest absolute Gasteiger partial charge is 0.482 e. The average molecular weight is 439 g/mol. The summed E-state index contributed by atoms with van der Waals surface area (Å²) in [5.74, 6) is -0.350. The van der Waals surface area contributed by atoms with Gasteiger partial charge in [-0.15, -0.1) is 0 Å². The van der Waals surface area contributed by atoms with Crippen LogP contribution < -0.4 is 15.4 Å². The number of halogens is 1. The molecule has 3 aromatic rings. The van der Waals surface area contributed by atoms with E-state index in [2.05, 4.69) is 47.4 Å². The minimum Gasteiger partial charge on any atom is -0.482 e. The molecule has 1 heterocycles. The fraction of sp³-hybridized carbons (Fsp3) is 0.292. The lowest BCUT2D eigenvalue weighted by Crippen LogP contribution is -2.14. The molecule has 7 nitrogen and oxygen atoms in total. The summed E-state index contributed by atoms with van der Waals surface area (Å²) in [5.41, 5.74) is 2.51. The second-order valence-electron chi connectivity index (χ2n) is 8.09. The van der Waals surface area contributed by atoms with Crippen molar-refractivity contribution in [3.05, 3.63) is 66.1 Å². The van der Waals surface area contributed by atoms with E-state index in [0.717, 1.165) is 17.4 Å². The Hall–Kier alpha value is -3.68. The first-order valence-electron chi connectivity index (χ1n) is 10.3. The maximum atomic E-state index is 14.3. The monoisotopic (exact) mass is 438 g/mol. The average Bonchev–Trinajstić information content (AvgIpc) is 2.75. The maximum Gasteiger partial charge on any atom is 0.344 e. The number of ether oxygens (including phenoxy) is 2. The summed E-state index contributed by atoms with van der Waals surface area (Å²) in [5, 5.41) is 6.05. The van der Waals surface area contributed by atoms with Crippen LogP contribution in [-0.4, -0.2) is 29.2 Å². The highest BCUT2D eigenvalue weighted by Gasteiger charge is 2.14. The van der Waals surface area contributed by atoms with Crippen molar-refractivity contribution >= 4 is 29.1 Å². The van der Waals surface area contributed by atoms with Gasteiger partial charge in [-0.05, 0) is 42.2 Å². The van der Waals surface area contributed by atoms with Gasteiger partial charge in [-0.2, -0.15) is 4.98 Å². The predicted octanol–water partition coefficient (Wildman–Crippen LogP) is 5.34. The lowest BCUT2D eigenvalue weighted by molar-refractivity contribution is -0.145. The number of hydrogen-bond donors (Lipinski definition) is 2. The molecule has 0 amide bonds. The number of aromatic nitrogens is 2. The van der Waals surface area contributed by atoms with Gasteiger partial charge in [0, 0.05) is 17.4 Å². The zero-order valence-corrected chi connectivity index (χ0v) is 18.6. The van der Waals surface area contributed by atoms with Crippen LogP contribution in [0.4, 0.5) is 27.5 Å². The summed E-state index contributed by atoms with van der Waals surface area (Å²) in [4.78, 5) is 19.8. The SMILES string of the molecule is CCOC(=O)COc1cccc(Nc2nc(Nc3cccc(C(C)(C)C)c3)ncc2F)c1.